The molecule has 4 heteroatoms. The van der Waals surface area contributed by atoms with Gasteiger partial charge in [0.05, 0.1) is 11.8 Å². The van der Waals surface area contributed by atoms with Gasteiger partial charge in [0.25, 0.3) is 0 Å². The Labute approximate surface area is 129 Å². The van der Waals surface area contributed by atoms with Crippen LogP contribution in [0.5, 0.6) is 0 Å². The number of aliphatic carboxylic acids is 1. The van der Waals surface area contributed by atoms with E-state index < -0.39 is 5.97 Å². The zero-order chi connectivity index (χ0) is 16.1. The molecule has 1 aliphatic heterocycles. The molecule has 0 aliphatic carbocycles. The van der Waals surface area contributed by atoms with Crippen molar-refractivity contribution in [3.8, 4) is 0 Å². The Hall–Kier alpha value is -1.03. The van der Waals surface area contributed by atoms with Crippen LogP contribution >= 0.6 is 0 Å². The van der Waals surface area contributed by atoms with Gasteiger partial charge in [-0.2, -0.15) is 0 Å². The first-order valence-electron chi connectivity index (χ1n) is 8.20. The van der Waals surface area contributed by atoms with Crippen LogP contribution < -0.4 is 5.32 Å². The summed E-state index contributed by atoms with van der Waals surface area (Å²) in [6, 6.07) is 0. The van der Waals surface area contributed by atoms with E-state index in [1.54, 1.807) is 6.92 Å². The van der Waals surface area contributed by atoms with E-state index in [1.807, 2.05) is 0 Å². The van der Waals surface area contributed by atoms with Crippen molar-refractivity contribution in [1.82, 2.24) is 5.32 Å². The predicted molar refractivity (Wildman–Crippen MR) is 85.3 cm³/mol. The summed E-state index contributed by atoms with van der Waals surface area (Å²) in [5, 5.41) is 12.8. The summed E-state index contributed by atoms with van der Waals surface area (Å²) >= 11 is 0. The van der Waals surface area contributed by atoms with Gasteiger partial charge >= 0.3 is 5.97 Å². The topological polar surface area (TPSA) is 58.6 Å². The average Bonchev–Trinajstić information content (AvgIpc) is 2.51. The van der Waals surface area contributed by atoms with Crippen molar-refractivity contribution in [3.05, 3.63) is 11.8 Å². The predicted octanol–water partition coefficient (Wildman–Crippen LogP) is 3.86. The monoisotopic (exact) mass is 297 g/mol. The number of piperidine rings is 1. The molecule has 0 atom stereocenters. The van der Waals surface area contributed by atoms with Crippen molar-refractivity contribution in [1.29, 1.82) is 0 Å². The summed E-state index contributed by atoms with van der Waals surface area (Å²) in [4.78, 5) is 10.9. The van der Waals surface area contributed by atoms with Crippen molar-refractivity contribution in [2.75, 3.05) is 0 Å². The number of carboxylic acid groups (broad SMARTS) is 1. The minimum Gasteiger partial charge on any atom is -0.497 e. The number of hydrogen-bond donors (Lipinski definition) is 2. The Morgan fingerprint density at radius 2 is 1.57 bits per heavy atom. The van der Waals surface area contributed by atoms with E-state index in [-0.39, 0.29) is 22.8 Å². The summed E-state index contributed by atoms with van der Waals surface area (Å²) in [6.45, 7) is 10.4. The molecule has 0 spiro atoms. The molecule has 1 rings (SSSR count). The fourth-order valence-corrected chi connectivity index (χ4v) is 3.38. The van der Waals surface area contributed by atoms with Crippen molar-refractivity contribution >= 4 is 5.97 Å². The molecule has 1 fully saturated rings. The minimum atomic E-state index is -0.918. The van der Waals surface area contributed by atoms with Gasteiger partial charge in [-0.05, 0) is 32.6 Å². The van der Waals surface area contributed by atoms with E-state index in [9.17, 15) is 4.79 Å². The molecule has 21 heavy (non-hydrogen) atoms. The highest BCUT2D eigenvalue weighted by atomic mass is 16.5. The Balaban J connectivity index is 2.94. The molecule has 0 aromatic carbocycles. The van der Waals surface area contributed by atoms with Crippen molar-refractivity contribution < 1.29 is 14.6 Å². The van der Waals surface area contributed by atoms with Gasteiger partial charge in [-0.3, -0.25) is 0 Å². The molecule has 0 amide bonds. The van der Waals surface area contributed by atoms with Crippen LogP contribution in [0.25, 0.3) is 0 Å². The second kappa shape index (κ2) is 7.30. The molecule has 0 radical (unpaired) electrons. The minimum absolute atomic E-state index is 0.0837. The number of rotatable bonds is 7. The van der Waals surface area contributed by atoms with Crippen molar-refractivity contribution in [2.24, 2.45) is 0 Å². The van der Waals surface area contributed by atoms with Gasteiger partial charge in [0.15, 0.2) is 0 Å². The largest absolute Gasteiger partial charge is 0.497 e. The van der Waals surface area contributed by atoms with Gasteiger partial charge in [0.1, 0.15) is 6.10 Å². The molecule has 1 heterocycles. The normalized spacial score (nSPS) is 22.0. The van der Waals surface area contributed by atoms with Crippen molar-refractivity contribution in [2.45, 2.75) is 90.3 Å². The lowest BCUT2D eigenvalue weighted by atomic mass is 9.72. The quantitative estimate of drug-likeness (QED) is 0.553. The molecule has 1 saturated heterocycles. The van der Waals surface area contributed by atoms with E-state index in [0.717, 1.165) is 38.5 Å². The van der Waals surface area contributed by atoms with Gasteiger partial charge < -0.3 is 15.2 Å². The van der Waals surface area contributed by atoms with Gasteiger partial charge in [-0.25, -0.2) is 4.79 Å². The Bertz CT molecular complexity index is 361. The SMILES string of the molecule is CCC1(CC)CC(OC=C(C)C(=O)O)CC(CC)(CC)N1. The number of hydrogen-bond acceptors (Lipinski definition) is 3. The highest BCUT2D eigenvalue weighted by Crippen LogP contribution is 2.38. The Morgan fingerprint density at radius 1 is 1.14 bits per heavy atom. The molecule has 0 aromatic heterocycles. The lowest BCUT2D eigenvalue weighted by Crippen LogP contribution is -2.63. The molecule has 2 N–H and O–H groups in total. The van der Waals surface area contributed by atoms with E-state index in [2.05, 4.69) is 33.0 Å². The van der Waals surface area contributed by atoms with Crippen LogP contribution in [-0.2, 0) is 9.53 Å². The maximum Gasteiger partial charge on any atom is 0.334 e. The number of ether oxygens (including phenoxy) is 1. The third-order valence-electron chi connectivity index (χ3n) is 5.25. The number of nitrogens with one attached hydrogen (secondary N) is 1. The molecule has 0 unspecified atom stereocenters. The van der Waals surface area contributed by atoms with Crippen LogP contribution in [0, 0.1) is 0 Å². The first kappa shape index (κ1) is 18.0. The lowest BCUT2D eigenvalue weighted by Gasteiger charge is -2.51. The highest BCUT2D eigenvalue weighted by Gasteiger charge is 2.44. The molecular weight excluding hydrogens is 266 g/mol. The average molecular weight is 297 g/mol. The van der Waals surface area contributed by atoms with E-state index >= 15 is 0 Å². The maximum absolute atomic E-state index is 10.9. The third-order valence-corrected chi connectivity index (χ3v) is 5.25. The maximum atomic E-state index is 10.9. The highest BCUT2D eigenvalue weighted by molar-refractivity contribution is 5.85. The third kappa shape index (κ3) is 4.22. The summed E-state index contributed by atoms with van der Waals surface area (Å²) in [5.74, 6) is -0.918. The summed E-state index contributed by atoms with van der Waals surface area (Å²) < 4.78 is 5.84. The second-order valence-electron chi connectivity index (χ2n) is 6.37. The molecule has 4 nitrogen and oxygen atoms in total. The summed E-state index contributed by atoms with van der Waals surface area (Å²) in [7, 11) is 0. The molecule has 0 bridgehead atoms. The van der Waals surface area contributed by atoms with Gasteiger partial charge in [-0.1, -0.05) is 27.7 Å². The number of carboxylic acids is 1. The van der Waals surface area contributed by atoms with Gasteiger partial charge in [-0.15, -0.1) is 0 Å². The fourth-order valence-electron chi connectivity index (χ4n) is 3.38. The van der Waals surface area contributed by atoms with E-state index in [1.165, 1.54) is 6.26 Å². The van der Waals surface area contributed by atoms with Gasteiger partial charge in [0, 0.05) is 23.9 Å². The zero-order valence-corrected chi connectivity index (χ0v) is 14.2. The van der Waals surface area contributed by atoms with E-state index in [4.69, 9.17) is 9.84 Å². The van der Waals surface area contributed by atoms with Crippen LogP contribution in [0.3, 0.4) is 0 Å². The molecular formula is C17H31NO3. The van der Waals surface area contributed by atoms with Crippen LogP contribution in [-0.4, -0.2) is 28.3 Å². The fraction of sp³-hybridized carbons (Fsp3) is 0.824. The summed E-state index contributed by atoms with van der Waals surface area (Å²) in [6.07, 6.45) is 7.63. The smallest absolute Gasteiger partial charge is 0.334 e. The Morgan fingerprint density at radius 3 is 1.90 bits per heavy atom. The second-order valence-corrected chi connectivity index (χ2v) is 6.37. The molecule has 0 aromatic rings. The molecule has 1 aliphatic rings. The Kier molecular flexibility index (Phi) is 6.26. The standard InChI is InChI=1S/C17H31NO3/c1-6-16(7-2)10-14(21-12-13(5)15(19)20)11-17(8-3,9-4)18-16/h12,14,18H,6-11H2,1-5H3,(H,19,20). The van der Waals surface area contributed by atoms with Gasteiger partial charge in [0.2, 0.25) is 0 Å². The number of carbonyl (C=O) groups is 1. The van der Waals surface area contributed by atoms with Crippen LogP contribution in [0.1, 0.15) is 73.1 Å². The zero-order valence-electron chi connectivity index (χ0n) is 14.2. The van der Waals surface area contributed by atoms with Crippen LogP contribution in [0.2, 0.25) is 0 Å². The van der Waals surface area contributed by atoms with E-state index in [0.29, 0.717) is 0 Å². The molecule has 0 saturated carbocycles. The summed E-state index contributed by atoms with van der Waals surface area (Å²) in [5.41, 5.74) is 0.450. The van der Waals surface area contributed by atoms with Crippen LogP contribution in [0.15, 0.2) is 11.8 Å². The first-order chi connectivity index (χ1) is 9.86. The molecule has 122 valence electrons. The van der Waals surface area contributed by atoms with Crippen molar-refractivity contribution in [3.63, 3.8) is 0 Å². The first-order valence-corrected chi connectivity index (χ1v) is 8.20. The lowest BCUT2D eigenvalue weighted by molar-refractivity contribution is -0.132. The van der Waals surface area contributed by atoms with Crippen LogP contribution in [0.4, 0.5) is 0 Å².